The molecular weight excluding hydrogens is 1540 g/mol. The molecule has 115 heavy (non-hydrogen) atoms. The van der Waals surface area contributed by atoms with Crippen molar-refractivity contribution in [2.75, 3.05) is 99.0 Å². The maximum absolute atomic E-state index is 13.3. The number of sulfonamides is 4. The molecule has 0 saturated carbocycles. The molecule has 27 heteroatoms. The van der Waals surface area contributed by atoms with Crippen LogP contribution >= 0.6 is 0 Å². The van der Waals surface area contributed by atoms with E-state index in [1.165, 1.54) is 24.3 Å². The van der Waals surface area contributed by atoms with Crippen LogP contribution < -0.4 is 44.2 Å². The minimum atomic E-state index is -3.63. The van der Waals surface area contributed by atoms with Gasteiger partial charge in [-0.15, -0.1) is 0 Å². The quantitative estimate of drug-likeness (QED) is 0.0206. The number of aryl methyl sites for hydroxylation is 4. The van der Waals surface area contributed by atoms with E-state index in [0.29, 0.717) is 63.4 Å². The molecule has 8 aromatic carbocycles. The number of anilines is 4. The van der Waals surface area contributed by atoms with Crippen molar-refractivity contribution in [3.63, 3.8) is 0 Å². The SMILES string of the molecule is CCOC(=O)CCCCCCNC1c2ccccc2N(C)S(=O)(=O)c2cc(C)ccc21.COC(=O)CCCCCCNC1c2ccccc2S(=O)(=O)N(C)c2c(C)cccc21.COCCCNC1c2ccccc2S(=O)(=O)N(C)c2c(C)cccc21.Cc1ccc2c(c1)S(=O)(=O)N(C)c1ccccc1C2NCCCCCCC(N)=O. The largest absolute Gasteiger partial charge is 0.469 e. The topological polar surface area (TPSA) is 303 Å². The number of amides is 1. The second kappa shape index (κ2) is 41.7. The number of esters is 2. The Morgan fingerprint density at radius 1 is 0.365 bits per heavy atom. The molecule has 0 aliphatic carbocycles. The number of hydrogen-bond acceptors (Lipinski definition) is 18. The first-order chi connectivity index (χ1) is 55.0. The maximum Gasteiger partial charge on any atom is 0.305 e. The first kappa shape index (κ1) is 89.9. The van der Waals surface area contributed by atoms with Crippen LogP contribution in [-0.2, 0) is 68.7 Å². The van der Waals surface area contributed by atoms with Gasteiger partial charge in [0.1, 0.15) is 0 Å². The molecule has 12 rings (SSSR count). The van der Waals surface area contributed by atoms with Gasteiger partial charge in [0, 0.05) is 61.2 Å². The first-order valence-corrected chi connectivity index (χ1v) is 45.4. The van der Waals surface area contributed by atoms with Gasteiger partial charge in [-0.2, -0.15) is 0 Å². The van der Waals surface area contributed by atoms with Crippen molar-refractivity contribution in [2.45, 2.75) is 181 Å². The summed E-state index contributed by atoms with van der Waals surface area (Å²) in [5, 5.41) is 14.3. The Balaban J connectivity index is 0.000000176. The van der Waals surface area contributed by atoms with Gasteiger partial charge in [-0.1, -0.05) is 172 Å². The summed E-state index contributed by atoms with van der Waals surface area (Å²) in [7, 11) is -4.90. The molecule has 4 aliphatic heterocycles. The molecule has 4 unspecified atom stereocenters. The molecule has 1 amide bonds. The Morgan fingerprint density at radius 3 is 1.09 bits per heavy atom. The number of nitrogens with two attached hydrogens (primary N) is 1. The minimum Gasteiger partial charge on any atom is -0.469 e. The van der Waals surface area contributed by atoms with Crippen LogP contribution in [0, 0.1) is 27.7 Å². The van der Waals surface area contributed by atoms with Crippen LogP contribution in [0.5, 0.6) is 0 Å². The first-order valence-electron chi connectivity index (χ1n) is 39.7. The zero-order valence-electron chi connectivity index (χ0n) is 68.2. The fourth-order valence-corrected chi connectivity index (χ4v) is 21.4. The van der Waals surface area contributed by atoms with Crippen molar-refractivity contribution < 1.29 is 62.3 Å². The number of hydrogen-bond donors (Lipinski definition) is 5. The fourth-order valence-electron chi connectivity index (χ4n) is 15.3. The van der Waals surface area contributed by atoms with Crippen molar-refractivity contribution in [2.24, 2.45) is 5.73 Å². The van der Waals surface area contributed by atoms with Gasteiger partial charge in [0.25, 0.3) is 40.1 Å². The normalized spacial score (nSPS) is 17.3. The summed E-state index contributed by atoms with van der Waals surface area (Å²) in [6, 6.07) is 52.1. The number of rotatable bonds is 30. The van der Waals surface area contributed by atoms with Gasteiger partial charge in [0.05, 0.1) is 80.2 Å². The molecule has 4 atom stereocenters. The molecule has 0 spiro atoms. The number of methoxy groups -OCH3 is 2. The lowest BCUT2D eigenvalue weighted by Gasteiger charge is -2.24. The van der Waals surface area contributed by atoms with Crippen LogP contribution in [0.2, 0.25) is 0 Å². The zero-order valence-corrected chi connectivity index (χ0v) is 71.5. The Bertz CT molecular complexity index is 5140. The molecular formula is C88H115N9O14S4. The van der Waals surface area contributed by atoms with Crippen LogP contribution in [-0.4, -0.2) is 133 Å². The number of primary amides is 1. The molecule has 6 N–H and O–H groups in total. The monoisotopic (exact) mass is 1650 g/mol. The number of unbranched alkanes of at least 4 members (excludes halogenated alkanes) is 9. The zero-order chi connectivity index (χ0) is 83.2. The number of benzene rings is 8. The highest BCUT2D eigenvalue weighted by Crippen LogP contribution is 2.46. The average molecular weight is 1650 g/mol. The summed E-state index contributed by atoms with van der Waals surface area (Å²) in [6.45, 7) is 13.6. The molecule has 4 heterocycles. The van der Waals surface area contributed by atoms with Crippen molar-refractivity contribution >= 4 is 80.7 Å². The Hall–Kier alpha value is -9.03. The Kier molecular flexibility index (Phi) is 32.6. The maximum atomic E-state index is 13.3. The summed E-state index contributed by atoms with van der Waals surface area (Å²) in [6.07, 6.45) is 13.4. The summed E-state index contributed by atoms with van der Waals surface area (Å²) in [5.41, 5.74) is 18.8. The number of fused-ring (bicyclic) bond motifs is 8. The van der Waals surface area contributed by atoms with E-state index in [1.54, 1.807) is 71.7 Å². The third-order valence-corrected chi connectivity index (χ3v) is 28.7. The highest BCUT2D eigenvalue weighted by molar-refractivity contribution is 7.93. The van der Waals surface area contributed by atoms with Crippen molar-refractivity contribution in [3.05, 3.63) is 237 Å². The molecule has 23 nitrogen and oxygen atoms in total. The third kappa shape index (κ3) is 21.8. The Labute approximate surface area is 682 Å². The fraction of sp³-hybridized carbons (Fsp3) is 0.420. The predicted octanol–water partition coefficient (Wildman–Crippen LogP) is 14.4. The lowest BCUT2D eigenvalue weighted by atomic mass is 9.95. The van der Waals surface area contributed by atoms with E-state index >= 15 is 0 Å². The third-order valence-electron chi connectivity index (χ3n) is 21.4. The average Bonchev–Trinajstić information content (AvgIpc) is 1.63. The lowest BCUT2D eigenvalue weighted by molar-refractivity contribution is -0.143. The minimum absolute atomic E-state index is 0.132. The number of nitrogens with one attached hydrogen (secondary N) is 4. The van der Waals surface area contributed by atoms with Gasteiger partial charge < -0.3 is 41.2 Å². The molecule has 0 bridgehead atoms. The second-order valence-corrected chi connectivity index (χ2v) is 37.2. The molecule has 0 fully saturated rings. The number of nitrogens with zero attached hydrogens (tertiary/aromatic N) is 4. The van der Waals surface area contributed by atoms with Crippen LogP contribution in [0.4, 0.5) is 22.7 Å². The van der Waals surface area contributed by atoms with Crippen LogP contribution in [0.15, 0.2) is 189 Å². The van der Waals surface area contributed by atoms with E-state index in [9.17, 15) is 48.1 Å². The van der Waals surface area contributed by atoms with E-state index in [0.717, 1.165) is 188 Å². The lowest BCUT2D eigenvalue weighted by Crippen LogP contribution is -2.27. The molecule has 0 aromatic heterocycles. The summed E-state index contributed by atoms with van der Waals surface area (Å²) >= 11 is 0. The Morgan fingerprint density at radius 2 is 0.696 bits per heavy atom. The molecule has 4 aliphatic rings. The van der Waals surface area contributed by atoms with E-state index in [-0.39, 0.29) is 42.0 Å². The van der Waals surface area contributed by atoms with E-state index < -0.39 is 40.1 Å². The molecule has 0 radical (unpaired) electrons. The van der Waals surface area contributed by atoms with Crippen molar-refractivity contribution in [3.8, 4) is 0 Å². The van der Waals surface area contributed by atoms with Crippen molar-refractivity contribution in [1.82, 2.24) is 21.3 Å². The van der Waals surface area contributed by atoms with Gasteiger partial charge >= 0.3 is 11.9 Å². The number of ether oxygens (including phenoxy) is 3. The van der Waals surface area contributed by atoms with Gasteiger partial charge in [0.2, 0.25) is 5.91 Å². The van der Waals surface area contributed by atoms with Gasteiger partial charge in [-0.3, -0.25) is 31.6 Å². The van der Waals surface area contributed by atoms with Crippen molar-refractivity contribution in [1.29, 1.82) is 0 Å². The summed E-state index contributed by atoms with van der Waals surface area (Å²) < 4.78 is 126. The highest BCUT2D eigenvalue weighted by Gasteiger charge is 2.40. The smallest absolute Gasteiger partial charge is 0.305 e. The van der Waals surface area contributed by atoms with Gasteiger partial charge in [-0.05, 0) is 209 Å². The molecule has 0 saturated heterocycles. The number of carbonyl (C=O) groups is 3. The van der Waals surface area contributed by atoms with Crippen LogP contribution in [0.1, 0.15) is 201 Å². The van der Waals surface area contributed by atoms with Gasteiger partial charge in [0.15, 0.2) is 0 Å². The van der Waals surface area contributed by atoms with Gasteiger partial charge in [-0.25, -0.2) is 33.7 Å². The van der Waals surface area contributed by atoms with E-state index in [4.69, 9.17) is 15.2 Å². The van der Waals surface area contributed by atoms with Crippen LogP contribution in [0.3, 0.4) is 0 Å². The van der Waals surface area contributed by atoms with E-state index in [2.05, 4.69) is 26.0 Å². The second-order valence-electron chi connectivity index (χ2n) is 29.4. The number of para-hydroxylation sites is 4. The molecule has 8 aromatic rings. The predicted molar refractivity (Wildman–Crippen MR) is 456 cm³/mol. The molecule has 620 valence electrons. The summed E-state index contributed by atoms with van der Waals surface area (Å²) in [4.78, 5) is 34.9. The van der Waals surface area contributed by atoms with Crippen LogP contribution in [0.25, 0.3) is 0 Å². The number of carbonyl (C=O) groups excluding carboxylic acids is 3. The summed E-state index contributed by atoms with van der Waals surface area (Å²) in [5.74, 6) is -0.552. The highest BCUT2D eigenvalue weighted by atomic mass is 32.2. The standard InChI is InChI=1S/C24H32N2O4S.C23H30N2O4S.C22H29N3O3S.C19H24N2O3S/c1-4-30-23(27)13-7-5-6-10-16-25-24-19-11-8-9-12-21(19)26(3)31(28,29)22-17-18(2)14-15-20(22)24;1-17-11-10-13-19-22(24-16-9-5-4-6-15-21(26)29-3)18-12-7-8-14-20(18)30(27,28)25(2)23(17)19;1-16-12-13-18-20(15-16)29(27,28)25(2)19-10-7-6-9-17(19)22(18)24-14-8-4-3-5-11-21(23)26;1-14-8-6-10-16-18(20-12-7-13-24-3)15-9-4-5-11-17(15)25(22,23)21(2)19(14)16/h8-9,11-12,14-15,17,24-25H,4-7,10,13,16H2,1-3H3;7-8,10-14,22,24H,4-6,9,15-16H2,1-3H3;6-7,9-10,12-13,15,22,24H,3-5,8,11,14H2,1-2H3,(H2,23,26);4-6,8-11,18,20H,7,12-13H2,1-3H3. The van der Waals surface area contributed by atoms with E-state index in [1.807, 2.05) is 168 Å².